The first kappa shape index (κ1) is 26.1. The Kier molecular flexibility index (Phi) is 7.71. The number of hydrogen-bond acceptors (Lipinski definition) is 7. The smallest absolute Gasteiger partial charge is 0.246 e. The van der Waals surface area contributed by atoms with Crippen LogP contribution in [0.1, 0.15) is 17.0 Å². The molecule has 3 aromatic carbocycles. The molecule has 8 heteroatoms. The molecule has 39 heavy (non-hydrogen) atoms. The molecule has 198 valence electrons. The predicted molar refractivity (Wildman–Crippen MR) is 150 cm³/mol. The van der Waals surface area contributed by atoms with E-state index in [1.54, 1.807) is 30.6 Å². The normalized spacial score (nSPS) is 15.8. The van der Waals surface area contributed by atoms with Crippen molar-refractivity contribution in [2.75, 3.05) is 51.9 Å². The lowest BCUT2D eigenvalue weighted by atomic mass is 9.67. The van der Waals surface area contributed by atoms with Gasteiger partial charge < -0.3 is 19.3 Å². The molecule has 5 rings (SSSR count). The maximum atomic E-state index is 14.5. The first-order valence-corrected chi connectivity index (χ1v) is 12.9. The number of piperazine rings is 1. The number of para-hydroxylation sites is 1. The summed E-state index contributed by atoms with van der Waals surface area (Å²) in [7, 11) is 3.14. The number of nitrogens with zero attached hydrogens (tertiary/aromatic N) is 5. The maximum Gasteiger partial charge on any atom is 0.246 e. The zero-order chi connectivity index (χ0) is 27.2. The van der Waals surface area contributed by atoms with Gasteiger partial charge in [-0.25, -0.2) is 4.98 Å². The van der Waals surface area contributed by atoms with Crippen LogP contribution in [0.4, 0.5) is 5.82 Å². The van der Waals surface area contributed by atoms with Gasteiger partial charge in [0.1, 0.15) is 11.6 Å². The van der Waals surface area contributed by atoms with E-state index < -0.39 is 11.3 Å². The number of ether oxygens (including phenoxy) is 2. The van der Waals surface area contributed by atoms with Gasteiger partial charge in [0, 0.05) is 57.2 Å². The van der Waals surface area contributed by atoms with Crippen LogP contribution in [0.2, 0.25) is 0 Å². The van der Waals surface area contributed by atoms with Gasteiger partial charge in [0.15, 0.2) is 5.41 Å². The lowest BCUT2D eigenvalue weighted by molar-refractivity contribution is -0.142. The highest BCUT2D eigenvalue weighted by Crippen LogP contribution is 2.48. The summed E-state index contributed by atoms with van der Waals surface area (Å²) in [6.45, 7) is 2.02. The van der Waals surface area contributed by atoms with Crippen molar-refractivity contribution in [1.82, 2.24) is 14.9 Å². The number of carbonyl (C=O) groups excluding carboxylic acids is 1. The minimum Gasteiger partial charge on any atom is -0.496 e. The van der Waals surface area contributed by atoms with E-state index in [0.29, 0.717) is 31.9 Å². The molecule has 4 aromatic rings. The molecule has 0 spiro atoms. The fourth-order valence-electron chi connectivity index (χ4n) is 5.62. The number of anilines is 1. The second kappa shape index (κ2) is 11.5. The van der Waals surface area contributed by atoms with Crippen LogP contribution in [0.5, 0.6) is 5.75 Å². The summed E-state index contributed by atoms with van der Waals surface area (Å²) in [6, 6.07) is 24.1. The zero-order valence-electron chi connectivity index (χ0n) is 22.2. The summed E-state index contributed by atoms with van der Waals surface area (Å²) >= 11 is 0. The summed E-state index contributed by atoms with van der Waals surface area (Å²) < 4.78 is 11.4. The first-order valence-electron chi connectivity index (χ1n) is 12.9. The van der Waals surface area contributed by atoms with Gasteiger partial charge in [-0.05, 0) is 22.4 Å². The van der Waals surface area contributed by atoms with Crippen LogP contribution in [-0.4, -0.2) is 67.8 Å². The summed E-state index contributed by atoms with van der Waals surface area (Å²) in [6.07, 6.45) is 5.02. The Morgan fingerprint density at radius 3 is 2.41 bits per heavy atom. The summed E-state index contributed by atoms with van der Waals surface area (Å²) in [5.74, 6) is 0.492. The SMILES string of the molecule is COC[C@@](C#N)(C(=O)N1CCN(c2cnccn2)CC1)[C@@H](c1ccccc1OC)c1cccc2ccccc12. The van der Waals surface area contributed by atoms with Gasteiger partial charge in [0.2, 0.25) is 5.91 Å². The molecule has 1 amide bonds. The molecule has 0 saturated carbocycles. The monoisotopic (exact) mass is 521 g/mol. The van der Waals surface area contributed by atoms with Gasteiger partial charge in [-0.2, -0.15) is 5.26 Å². The van der Waals surface area contributed by atoms with Crippen molar-refractivity contribution in [2.45, 2.75) is 5.92 Å². The number of rotatable bonds is 8. The molecule has 8 nitrogen and oxygen atoms in total. The van der Waals surface area contributed by atoms with E-state index in [1.165, 1.54) is 7.11 Å². The van der Waals surface area contributed by atoms with Crippen molar-refractivity contribution in [3.63, 3.8) is 0 Å². The van der Waals surface area contributed by atoms with Gasteiger partial charge in [-0.15, -0.1) is 0 Å². The molecule has 0 radical (unpaired) electrons. The van der Waals surface area contributed by atoms with Crippen LogP contribution in [-0.2, 0) is 9.53 Å². The highest BCUT2D eigenvalue weighted by atomic mass is 16.5. The maximum absolute atomic E-state index is 14.5. The molecule has 2 heterocycles. The van der Waals surface area contributed by atoms with Crippen molar-refractivity contribution < 1.29 is 14.3 Å². The van der Waals surface area contributed by atoms with Crippen LogP contribution < -0.4 is 9.64 Å². The Morgan fingerprint density at radius 2 is 1.69 bits per heavy atom. The number of nitriles is 1. The zero-order valence-corrected chi connectivity index (χ0v) is 22.2. The molecule has 2 atom stereocenters. The van der Waals surface area contributed by atoms with Gasteiger partial charge in [0.05, 0.1) is 26.0 Å². The Balaban J connectivity index is 1.61. The predicted octanol–water partition coefficient (Wildman–Crippen LogP) is 4.28. The highest BCUT2D eigenvalue weighted by molar-refractivity contribution is 5.92. The fourth-order valence-corrected chi connectivity index (χ4v) is 5.62. The Bertz CT molecular complexity index is 1480. The Labute approximate surface area is 228 Å². The fraction of sp³-hybridized carbons (Fsp3) is 0.290. The highest BCUT2D eigenvalue weighted by Gasteiger charge is 2.51. The second-order valence-electron chi connectivity index (χ2n) is 9.60. The van der Waals surface area contributed by atoms with Gasteiger partial charge in [-0.3, -0.25) is 9.78 Å². The Morgan fingerprint density at radius 1 is 0.974 bits per heavy atom. The molecule has 0 N–H and O–H groups in total. The van der Waals surface area contributed by atoms with Crippen LogP contribution in [0.3, 0.4) is 0 Å². The molecular weight excluding hydrogens is 490 g/mol. The van der Waals surface area contributed by atoms with Crippen molar-refractivity contribution in [3.8, 4) is 11.8 Å². The largest absolute Gasteiger partial charge is 0.496 e. The molecule has 0 unspecified atom stereocenters. The van der Waals surface area contributed by atoms with E-state index in [4.69, 9.17) is 9.47 Å². The number of amides is 1. The van der Waals surface area contributed by atoms with E-state index in [0.717, 1.165) is 27.7 Å². The van der Waals surface area contributed by atoms with Gasteiger partial charge >= 0.3 is 0 Å². The van der Waals surface area contributed by atoms with Crippen LogP contribution in [0.15, 0.2) is 85.3 Å². The number of benzene rings is 3. The third kappa shape index (κ3) is 4.89. The Hall–Kier alpha value is -4.48. The standard InChI is InChI=1S/C31H31N5O3/c1-38-22-31(21-32,30(37)36-18-16-35(17-19-36)28-20-33-14-15-34-28)29(26-11-5-6-13-27(26)39-2)25-12-7-9-23-8-3-4-10-24(23)25/h3-15,20,29H,16-19,22H2,1-2H3/t29-,31-/m1/s1. The third-order valence-corrected chi connectivity index (χ3v) is 7.47. The molecule has 1 aromatic heterocycles. The second-order valence-corrected chi connectivity index (χ2v) is 9.60. The quantitative estimate of drug-likeness (QED) is 0.342. The van der Waals surface area contributed by atoms with Crippen molar-refractivity contribution >= 4 is 22.5 Å². The number of aromatic nitrogens is 2. The topological polar surface area (TPSA) is 91.6 Å². The van der Waals surface area contributed by atoms with Crippen molar-refractivity contribution in [2.24, 2.45) is 5.41 Å². The van der Waals surface area contributed by atoms with E-state index in [-0.39, 0.29) is 12.5 Å². The minimum atomic E-state index is -1.54. The molecule has 0 bridgehead atoms. The number of fused-ring (bicyclic) bond motifs is 1. The van der Waals surface area contributed by atoms with E-state index >= 15 is 0 Å². The first-order chi connectivity index (χ1) is 19.1. The summed E-state index contributed by atoms with van der Waals surface area (Å²) in [5, 5.41) is 12.9. The summed E-state index contributed by atoms with van der Waals surface area (Å²) in [4.78, 5) is 27.0. The van der Waals surface area contributed by atoms with Gasteiger partial charge in [0.25, 0.3) is 0 Å². The van der Waals surface area contributed by atoms with Crippen molar-refractivity contribution in [1.29, 1.82) is 5.26 Å². The van der Waals surface area contributed by atoms with Gasteiger partial charge in [-0.1, -0.05) is 60.7 Å². The van der Waals surface area contributed by atoms with E-state index in [1.807, 2.05) is 66.7 Å². The molecule has 1 saturated heterocycles. The lowest BCUT2D eigenvalue weighted by Gasteiger charge is -2.42. The lowest BCUT2D eigenvalue weighted by Crippen LogP contribution is -2.56. The average Bonchev–Trinajstić information content (AvgIpc) is 3.01. The third-order valence-electron chi connectivity index (χ3n) is 7.47. The minimum absolute atomic E-state index is 0.0708. The van der Waals surface area contributed by atoms with E-state index in [2.05, 4.69) is 20.9 Å². The van der Waals surface area contributed by atoms with E-state index in [9.17, 15) is 10.1 Å². The molecule has 1 aliphatic rings. The van der Waals surface area contributed by atoms with Crippen molar-refractivity contribution in [3.05, 3.63) is 96.4 Å². The summed E-state index contributed by atoms with van der Waals surface area (Å²) in [5.41, 5.74) is 0.103. The van der Waals surface area contributed by atoms with Crippen LogP contribution in [0.25, 0.3) is 10.8 Å². The molecule has 1 fully saturated rings. The average molecular weight is 522 g/mol. The molecule has 1 aliphatic heterocycles. The van der Waals surface area contributed by atoms with Crippen LogP contribution >= 0.6 is 0 Å². The number of carbonyl (C=O) groups is 1. The molecular formula is C31H31N5O3. The van der Waals surface area contributed by atoms with Crippen LogP contribution in [0, 0.1) is 16.7 Å². The number of hydrogen-bond donors (Lipinski definition) is 0. The molecule has 0 aliphatic carbocycles. The number of methoxy groups -OCH3 is 2.